The number of piperidine rings is 1. The Bertz CT molecular complexity index is 664. The first-order valence-corrected chi connectivity index (χ1v) is 9.98. The molecule has 0 atom stereocenters. The van der Waals surface area contributed by atoms with Crippen LogP contribution < -0.4 is 11.5 Å². The second-order valence-electron chi connectivity index (χ2n) is 7.38. The maximum Gasteiger partial charge on any atom is 0.437 e. The van der Waals surface area contributed by atoms with Crippen LogP contribution in [0.5, 0.6) is 0 Å². The number of hydrogen-bond donors (Lipinski definition) is 2. The standard InChI is InChI=1S/C20H31N5O3/c21-19(22)23-20(26)28-15-17-3-1-2-16(14-17)4-7-24-8-5-18(6-9-24)25-10-12-27-13-11-25/h1-3,14,18H,4-13,15H2,(H4,21,22,23,26). The molecule has 0 radical (unpaired) electrons. The van der Waals surface area contributed by atoms with Crippen LogP contribution in [0.15, 0.2) is 29.3 Å². The Morgan fingerprint density at radius 2 is 1.86 bits per heavy atom. The van der Waals surface area contributed by atoms with Gasteiger partial charge in [0.25, 0.3) is 0 Å². The second-order valence-corrected chi connectivity index (χ2v) is 7.38. The number of carbonyl (C=O) groups is 1. The Hall–Kier alpha value is -2.16. The van der Waals surface area contributed by atoms with E-state index in [0.717, 1.165) is 57.9 Å². The van der Waals surface area contributed by atoms with Crippen LogP contribution in [0.1, 0.15) is 24.0 Å². The van der Waals surface area contributed by atoms with Crippen molar-refractivity contribution in [3.8, 4) is 0 Å². The van der Waals surface area contributed by atoms with Gasteiger partial charge in [0.1, 0.15) is 6.61 Å². The van der Waals surface area contributed by atoms with Gasteiger partial charge >= 0.3 is 6.09 Å². The highest BCUT2D eigenvalue weighted by molar-refractivity contribution is 5.87. The van der Waals surface area contributed by atoms with Gasteiger partial charge in [0.05, 0.1) is 13.2 Å². The molecule has 0 saturated carbocycles. The Morgan fingerprint density at radius 1 is 1.14 bits per heavy atom. The number of nitrogens with two attached hydrogens (primary N) is 2. The van der Waals surface area contributed by atoms with Gasteiger partial charge in [-0.25, -0.2) is 4.79 Å². The molecule has 0 aliphatic carbocycles. The van der Waals surface area contributed by atoms with Gasteiger partial charge in [0, 0.05) is 25.7 Å². The lowest BCUT2D eigenvalue weighted by atomic mass is 10.0. The molecule has 8 heteroatoms. The molecule has 154 valence electrons. The molecule has 2 saturated heterocycles. The molecule has 2 aliphatic heterocycles. The van der Waals surface area contributed by atoms with Gasteiger partial charge in [-0.05, 0) is 43.5 Å². The predicted octanol–water partition coefficient (Wildman–Crippen LogP) is 0.936. The third-order valence-corrected chi connectivity index (χ3v) is 5.41. The van der Waals surface area contributed by atoms with E-state index in [1.165, 1.54) is 18.4 Å². The topological polar surface area (TPSA) is 106 Å². The molecule has 0 aromatic heterocycles. The number of ether oxygens (including phenoxy) is 2. The Balaban J connectivity index is 1.40. The van der Waals surface area contributed by atoms with Gasteiger partial charge in [-0.3, -0.25) is 4.90 Å². The maximum atomic E-state index is 11.4. The van der Waals surface area contributed by atoms with Crippen molar-refractivity contribution in [1.82, 2.24) is 9.80 Å². The Labute approximate surface area is 166 Å². The van der Waals surface area contributed by atoms with E-state index in [1.54, 1.807) is 0 Å². The number of aliphatic imine (C=N–C) groups is 1. The van der Waals surface area contributed by atoms with E-state index in [-0.39, 0.29) is 12.6 Å². The highest BCUT2D eigenvalue weighted by atomic mass is 16.5. The Kier molecular flexibility index (Phi) is 7.64. The van der Waals surface area contributed by atoms with E-state index in [1.807, 2.05) is 12.1 Å². The highest BCUT2D eigenvalue weighted by Gasteiger charge is 2.25. The molecule has 2 heterocycles. The molecule has 4 N–H and O–H groups in total. The summed E-state index contributed by atoms with van der Waals surface area (Å²) in [5.41, 5.74) is 12.5. The van der Waals surface area contributed by atoms with Crippen LogP contribution in [0.25, 0.3) is 0 Å². The number of hydrogen-bond acceptors (Lipinski definition) is 5. The second kappa shape index (κ2) is 10.4. The molecular formula is C20H31N5O3. The van der Waals surface area contributed by atoms with Gasteiger partial charge in [-0.1, -0.05) is 24.3 Å². The monoisotopic (exact) mass is 389 g/mol. The first kappa shape index (κ1) is 20.6. The van der Waals surface area contributed by atoms with E-state index >= 15 is 0 Å². The summed E-state index contributed by atoms with van der Waals surface area (Å²) < 4.78 is 10.5. The van der Waals surface area contributed by atoms with Crippen LogP contribution in [0.3, 0.4) is 0 Å². The van der Waals surface area contributed by atoms with E-state index in [9.17, 15) is 4.79 Å². The van der Waals surface area contributed by atoms with Crippen LogP contribution >= 0.6 is 0 Å². The number of nitrogens with zero attached hydrogens (tertiary/aromatic N) is 3. The van der Waals surface area contributed by atoms with Crippen molar-refractivity contribution in [3.63, 3.8) is 0 Å². The normalized spacial score (nSPS) is 19.3. The number of carbonyl (C=O) groups excluding carboxylic acids is 1. The number of rotatable bonds is 6. The van der Waals surface area contributed by atoms with Gasteiger partial charge in [0.15, 0.2) is 5.96 Å². The number of morpholine rings is 1. The minimum atomic E-state index is -0.770. The smallest absolute Gasteiger partial charge is 0.437 e. The van der Waals surface area contributed by atoms with Gasteiger partial charge in [-0.15, -0.1) is 4.99 Å². The number of amides is 1. The Morgan fingerprint density at radius 3 is 2.57 bits per heavy atom. The zero-order valence-electron chi connectivity index (χ0n) is 16.4. The summed E-state index contributed by atoms with van der Waals surface area (Å²) in [5, 5.41) is 0. The average molecular weight is 390 g/mol. The van der Waals surface area contributed by atoms with Crippen molar-refractivity contribution < 1.29 is 14.3 Å². The van der Waals surface area contributed by atoms with Crippen LogP contribution in [0, 0.1) is 0 Å². The summed E-state index contributed by atoms with van der Waals surface area (Å²) in [6.45, 7) is 7.41. The fraction of sp³-hybridized carbons (Fsp3) is 0.600. The molecule has 28 heavy (non-hydrogen) atoms. The fourth-order valence-electron chi connectivity index (χ4n) is 3.90. The van der Waals surface area contributed by atoms with Crippen molar-refractivity contribution in [2.75, 3.05) is 45.9 Å². The lowest BCUT2D eigenvalue weighted by Crippen LogP contribution is -2.49. The summed E-state index contributed by atoms with van der Waals surface area (Å²) >= 11 is 0. The van der Waals surface area contributed by atoms with Gasteiger partial charge < -0.3 is 25.8 Å². The van der Waals surface area contributed by atoms with Crippen LogP contribution in [0.2, 0.25) is 0 Å². The molecular weight excluding hydrogens is 358 g/mol. The quantitative estimate of drug-likeness (QED) is 0.551. The highest BCUT2D eigenvalue weighted by Crippen LogP contribution is 2.18. The van der Waals surface area contributed by atoms with Gasteiger partial charge in [0.2, 0.25) is 0 Å². The predicted molar refractivity (Wildman–Crippen MR) is 108 cm³/mol. The van der Waals surface area contributed by atoms with Crippen molar-refractivity contribution >= 4 is 12.1 Å². The largest absolute Gasteiger partial charge is 0.443 e. The molecule has 1 amide bonds. The first-order valence-electron chi connectivity index (χ1n) is 9.98. The summed E-state index contributed by atoms with van der Waals surface area (Å²) in [6.07, 6.45) is 2.69. The molecule has 1 aromatic rings. The minimum Gasteiger partial charge on any atom is -0.443 e. The molecule has 2 fully saturated rings. The third kappa shape index (κ3) is 6.47. The first-order chi connectivity index (χ1) is 13.6. The fourth-order valence-corrected chi connectivity index (χ4v) is 3.90. The molecule has 0 spiro atoms. The lowest BCUT2D eigenvalue weighted by Gasteiger charge is -2.40. The molecule has 1 aromatic carbocycles. The molecule has 2 aliphatic rings. The van der Waals surface area contributed by atoms with E-state index in [2.05, 4.69) is 26.9 Å². The van der Waals surface area contributed by atoms with Crippen molar-refractivity contribution in [1.29, 1.82) is 0 Å². The average Bonchev–Trinajstić information content (AvgIpc) is 2.72. The summed E-state index contributed by atoms with van der Waals surface area (Å²) in [4.78, 5) is 19.9. The zero-order chi connectivity index (χ0) is 19.8. The van der Waals surface area contributed by atoms with E-state index in [4.69, 9.17) is 20.9 Å². The molecule has 8 nitrogen and oxygen atoms in total. The SMILES string of the molecule is NC(N)=NC(=O)OCc1cccc(CCN2CCC(N3CCOCC3)CC2)c1. The molecule has 0 unspecified atom stereocenters. The minimum absolute atomic E-state index is 0.161. The third-order valence-electron chi connectivity index (χ3n) is 5.41. The molecule has 0 bridgehead atoms. The molecule has 3 rings (SSSR count). The number of benzene rings is 1. The number of guanidine groups is 1. The summed E-state index contributed by atoms with van der Waals surface area (Å²) in [7, 11) is 0. The van der Waals surface area contributed by atoms with Crippen LogP contribution in [-0.4, -0.2) is 73.8 Å². The summed E-state index contributed by atoms with van der Waals surface area (Å²) in [6, 6.07) is 8.82. The lowest BCUT2D eigenvalue weighted by molar-refractivity contribution is 0.00101. The summed E-state index contributed by atoms with van der Waals surface area (Å²) in [5.74, 6) is -0.295. The van der Waals surface area contributed by atoms with Crippen LogP contribution in [-0.2, 0) is 22.5 Å². The maximum absolute atomic E-state index is 11.4. The zero-order valence-corrected chi connectivity index (χ0v) is 16.4. The van der Waals surface area contributed by atoms with Crippen molar-refractivity contribution in [3.05, 3.63) is 35.4 Å². The van der Waals surface area contributed by atoms with Crippen molar-refractivity contribution in [2.24, 2.45) is 16.5 Å². The van der Waals surface area contributed by atoms with Crippen molar-refractivity contribution in [2.45, 2.75) is 31.9 Å². The van der Waals surface area contributed by atoms with Crippen LogP contribution in [0.4, 0.5) is 4.79 Å². The number of likely N-dealkylation sites (tertiary alicyclic amines) is 1. The van der Waals surface area contributed by atoms with Gasteiger partial charge in [-0.2, -0.15) is 0 Å². The van der Waals surface area contributed by atoms with E-state index < -0.39 is 6.09 Å². The van der Waals surface area contributed by atoms with E-state index in [0.29, 0.717) is 6.04 Å².